The van der Waals surface area contributed by atoms with E-state index < -0.39 is 5.91 Å². The topological polar surface area (TPSA) is 76.7 Å². The zero-order valence-electron chi connectivity index (χ0n) is 14.1. The molecule has 0 radical (unpaired) electrons. The number of hydrogen-bond acceptors (Lipinski definition) is 4. The van der Waals surface area contributed by atoms with E-state index in [9.17, 15) is 9.59 Å². The van der Waals surface area contributed by atoms with E-state index in [1.165, 1.54) is 12.1 Å². The molecule has 0 aliphatic rings. The van der Waals surface area contributed by atoms with Gasteiger partial charge in [-0.3, -0.25) is 20.4 Å². The number of hydrogen-bond donors (Lipinski definition) is 2. The molecule has 2 aromatic rings. The average molecular weight is 397 g/mol. The van der Waals surface area contributed by atoms with E-state index in [-0.39, 0.29) is 22.9 Å². The smallest absolute Gasteiger partial charge is 0.271 e. The lowest BCUT2D eigenvalue weighted by Crippen LogP contribution is -2.41. The molecule has 0 unspecified atom stereocenters. The first-order valence-electron chi connectivity index (χ1n) is 7.80. The second kappa shape index (κ2) is 9.89. The first kappa shape index (κ1) is 19.9. The van der Waals surface area contributed by atoms with Crippen LogP contribution in [0.15, 0.2) is 42.5 Å². The molecule has 2 amide bonds. The van der Waals surface area contributed by atoms with E-state index in [1.807, 2.05) is 0 Å². The van der Waals surface area contributed by atoms with E-state index in [0.717, 1.165) is 5.75 Å². The Labute approximate surface area is 161 Å². The van der Waals surface area contributed by atoms with Crippen LogP contribution >= 0.6 is 23.2 Å². The Balaban J connectivity index is 1.68. The molecule has 2 N–H and O–H groups in total. The molecule has 8 heteroatoms. The van der Waals surface area contributed by atoms with Crippen LogP contribution in [0.2, 0.25) is 10.0 Å². The number of carbonyl (C=O) groups excluding carboxylic acids is 2. The lowest BCUT2D eigenvalue weighted by atomic mass is 10.2. The van der Waals surface area contributed by atoms with Gasteiger partial charge in [-0.2, -0.15) is 0 Å². The first-order chi connectivity index (χ1) is 12.5. The maximum absolute atomic E-state index is 12.0. The third-order valence-corrected chi connectivity index (χ3v) is 3.93. The molecule has 0 aliphatic heterocycles. The van der Waals surface area contributed by atoms with Crippen molar-refractivity contribution in [1.82, 2.24) is 10.9 Å². The summed E-state index contributed by atoms with van der Waals surface area (Å²) >= 11 is 11.8. The third-order valence-electron chi connectivity index (χ3n) is 3.36. The number of benzene rings is 2. The van der Waals surface area contributed by atoms with Crippen LogP contribution in [0.25, 0.3) is 0 Å². The maximum atomic E-state index is 12.0. The fourth-order valence-electron chi connectivity index (χ4n) is 2.02. The van der Waals surface area contributed by atoms with E-state index in [2.05, 4.69) is 10.9 Å². The van der Waals surface area contributed by atoms with Crippen molar-refractivity contribution in [3.8, 4) is 11.5 Å². The van der Waals surface area contributed by atoms with Gasteiger partial charge >= 0.3 is 0 Å². The van der Waals surface area contributed by atoms with Crippen LogP contribution in [0, 0.1) is 0 Å². The largest absolute Gasteiger partial charge is 0.497 e. The van der Waals surface area contributed by atoms with E-state index >= 15 is 0 Å². The highest BCUT2D eigenvalue weighted by molar-refractivity contribution is 6.35. The molecule has 0 aromatic heterocycles. The number of ether oxygens (including phenoxy) is 2. The standard InChI is InChI=1S/C18H18Cl2N2O4/c1-25-13-5-7-14(8-6-13)26-10-2-3-17(23)21-22-18(24)15-11-12(19)4-9-16(15)20/h4-9,11H,2-3,10H2,1H3,(H,21,23)(H,22,24). The van der Waals surface area contributed by atoms with E-state index in [4.69, 9.17) is 32.7 Å². The summed E-state index contributed by atoms with van der Waals surface area (Å²) in [5, 5.41) is 0.621. The highest BCUT2D eigenvalue weighted by atomic mass is 35.5. The van der Waals surface area contributed by atoms with Gasteiger partial charge < -0.3 is 9.47 Å². The van der Waals surface area contributed by atoms with Gasteiger partial charge in [0.15, 0.2) is 0 Å². The lowest BCUT2D eigenvalue weighted by molar-refractivity contribution is -0.122. The summed E-state index contributed by atoms with van der Waals surface area (Å²) in [5.74, 6) is 0.553. The lowest BCUT2D eigenvalue weighted by Gasteiger charge is -2.09. The Hall–Kier alpha value is -2.44. The maximum Gasteiger partial charge on any atom is 0.271 e. The molecule has 0 aliphatic carbocycles. The van der Waals surface area contributed by atoms with Gasteiger partial charge in [-0.15, -0.1) is 0 Å². The minimum Gasteiger partial charge on any atom is -0.497 e. The van der Waals surface area contributed by atoms with Gasteiger partial charge in [-0.1, -0.05) is 23.2 Å². The van der Waals surface area contributed by atoms with Crippen LogP contribution in [0.1, 0.15) is 23.2 Å². The van der Waals surface area contributed by atoms with Crippen molar-refractivity contribution in [2.24, 2.45) is 0 Å². The molecule has 138 valence electrons. The predicted octanol–water partition coefficient (Wildman–Crippen LogP) is 3.62. The Morgan fingerprint density at radius 1 is 1.00 bits per heavy atom. The molecule has 26 heavy (non-hydrogen) atoms. The molecule has 0 spiro atoms. The normalized spacial score (nSPS) is 10.1. The second-order valence-electron chi connectivity index (χ2n) is 5.25. The fourth-order valence-corrected chi connectivity index (χ4v) is 2.40. The second-order valence-corrected chi connectivity index (χ2v) is 6.10. The van der Waals surface area contributed by atoms with Gasteiger partial charge in [0, 0.05) is 11.4 Å². The number of rotatable bonds is 7. The predicted molar refractivity (Wildman–Crippen MR) is 99.8 cm³/mol. The van der Waals surface area contributed by atoms with Crippen LogP contribution in [0.3, 0.4) is 0 Å². The number of carbonyl (C=O) groups is 2. The molecule has 0 fully saturated rings. The van der Waals surface area contributed by atoms with Gasteiger partial charge in [-0.25, -0.2) is 0 Å². The molecule has 2 aromatic carbocycles. The summed E-state index contributed by atoms with van der Waals surface area (Å²) in [5.41, 5.74) is 4.81. The molecular weight excluding hydrogens is 379 g/mol. The minimum absolute atomic E-state index is 0.183. The zero-order valence-corrected chi connectivity index (χ0v) is 15.6. The highest BCUT2D eigenvalue weighted by Gasteiger charge is 2.12. The molecule has 0 bridgehead atoms. The van der Waals surface area contributed by atoms with Crippen molar-refractivity contribution in [2.45, 2.75) is 12.8 Å². The molecule has 0 heterocycles. The minimum atomic E-state index is -0.541. The van der Waals surface area contributed by atoms with Crippen molar-refractivity contribution in [1.29, 1.82) is 0 Å². The van der Waals surface area contributed by atoms with Crippen LogP contribution in [-0.4, -0.2) is 25.5 Å². The van der Waals surface area contributed by atoms with Crippen LogP contribution in [-0.2, 0) is 4.79 Å². The van der Waals surface area contributed by atoms with Crippen LogP contribution < -0.4 is 20.3 Å². The van der Waals surface area contributed by atoms with Gasteiger partial charge in [0.25, 0.3) is 5.91 Å². The van der Waals surface area contributed by atoms with Gasteiger partial charge in [0.05, 0.1) is 24.3 Å². The van der Waals surface area contributed by atoms with Crippen molar-refractivity contribution in [3.63, 3.8) is 0 Å². The van der Waals surface area contributed by atoms with E-state index in [1.54, 1.807) is 37.4 Å². The summed E-state index contributed by atoms with van der Waals surface area (Å²) in [6, 6.07) is 11.7. The monoisotopic (exact) mass is 396 g/mol. The highest BCUT2D eigenvalue weighted by Crippen LogP contribution is 2.20. The summed E-state index contributed by atoms with van der Waals surface area (Å²) in [4.78, 5) is 23.8. The van der Waals surface area contributed by atoms with Crippen LogP contribution in [0.5, 0.6) is 11.5 Å². The third kappa shape index (κ3) is 6.13. The van der Waals surface area contributed by atoms with Crippen molar-refractivity contribution in [3.05, 3.63) is 58.1 Å². The number of nitrogens with one attached hydrogen (secondary N) is 2. The Morgan fingerprint density at radius 3 is 2.38 bits per heavy atom. The Morgan fingerprint density at radius 2 is 1.69 bits per heavy atom. The number of halogens is 2. The Bertz CT molecular complexity index is 766. The van der Waals surface area contributed by atoms with Gasteiger partial charge in [-0.05, 0) is 48.9 Å². The summed E-state index contributed by atoms with van der Waals surface area (Å²) in [6.45, 7) is 0.369. The van der Waals surface area contributed by atoms with Gasteiger partial charge in [0.1, 0.15) is 11.5 Å². The van der Waals surface area contributed by atoms with Crippen molar-refractivity contribution >= 4 is 35.0 Å². The van der Waals surface area contributed by atoms with Gasteiger partial charge in [0.2, 0.25) is 5.91 Å². The van der Waals surface area contributed by atoms with Crippen LogP contribution in [0.4, 0.5) is 0 Å². The number of methoxy groups -OCH3 is 1. The molecule has 2 rings (SSSR count). The molecule has 0 saturated heterocycles. The average Bonchev–Trinajstić information content (AvgIpc) is 2.65. The quantitative estimate of drug-likeness (QED) is 0.553. The zero-order chi connectivity index (χ0) is 18.9. The SMILES string of the molecule is COc1ccc(OCCCC(=O)NNC(=O)c2cc(Cl)ccc2Cl)cc1. The summed E-state index contributed by atoms with van der Waals surface area (Å²) in [7, 11) is 1.59. The molecule has 0 atom stereocenters. The Kier molecular flexibility index (Phi) is 7.56. The fraction of sp³-hybridized carbons (Fsp3) is 0.222. The summed E-state index contributed by atoms with van der Waals surface area (Å²) < 4.78 is 10.6. The molecular formula is C18H18Cl2N2O4. The van der Waals surface area contributed by atoms with Crippen molar-refractivity contribution in [2.75, 3.05) is 13.7 Å². The van der Waals surface area contributed by atoms with Crippen molar-refractivity contribution < 1.29 is 19.1 Å². The molecule has 6 nitrogen and oxygen atoms in total. The van der Waals surface area contributed by atoms with E-state index in [0.29, 0.717) is 23.8 Å². The first-order valence-corrected chi connectivity index (χ1v) is 8.56. The number of amides is 2. The summed E-state index contributed by atoms with van der Waals surface area (Å²) in [6.07, 6.45) is 0.686. The molecule has 0 saturated carbocycles. The number of hydrazine groups is 1.